The van der Waals surface area contributed by atoms with E-state index in [2.05, 4.69) is 29.2 Å². The Bertz CT molecular complexity index is 765. The molecule has 2 aromatic carbocycles. The monoisotopic (exact) mass is 370 g/mol. The zero-order chi connectivity index (χ0) is 18.1. The Morgan fingerprint density at radius 1 is 1.00 bits per heavy atom. The molecule has 0 aliphatic carbocycles. The number of ether oxygens (including phenoxy) is 1. The lowest BCUT2D eigenvalue weighted by Crippen LogP contribution is -2.38. The summed E-state index contributed by atoms with van der Waals surface area (Å²) in [5, 5.41) is 0.756. The minimum Gasteiger partial charge on any atom is -0.371 e. The van der Waals surface area contributed by atoms with Crippen LogP contribution in [0.15, 0.2) is 54.6 Å². The number of benzene rings is 2. The Hall–Kier alpha value is -1.88. The van der Waals surface area contributed by atoms with E-state index in [-0.39, 0.29) is 24.0 Å². The van der Waals surface area contributed by atoms with E-state index in [1.807, 2.05) is 35.2 Å². The molecule has 2 aliphatic heterocycles. The topological polar surface area (TPSA) is 32.8 Å². The van der Waals surface area contributed by atoms with Crippen molar-refractivity contribution in [3.63, 3.8) is 0 Å². The molecule has 4 nitrogen and oxygen atoms in total. The molecule has 0 saturated carbocycles. The van der Waals surface area contributed by atoms with Crippen LogP contribution in [-0.4, -0.2) is 48.1 Å². The van der Waals surface area contributed by atoms with E-state index >= 15 is 0 Å². The molecule has 0 unspecified atom stereocenters. The van der Waals surface area contributed by atoms with Crippen molar-refractivity contribution in [3.05, 3.63) is 70.7 Å². The molecule has 2 saturated heterocycles. The first-order valence-corrected chi connectivity index (χ1v) is 9.37. The molecule has 3 atom stereocenters. The summed E-state index contributed by atoms with van der Waals surface area (Å²) in [4.78, 5) is 17.2. The van der Waals surface area contributed by atoms with Gasteiger partial charge in [0, 0.05) is 44.2 Å². The lowest BCUT2D eigenvalue weighted by Gasteiger charge is -2.25. The number of nitrogens with zero attached hydrogens (tertiary/aromatic N) is 2. The van der Waals surface area contributed by atoms with E-state index in [9.17, 15) is 4.79 Å². The highest BCUT2D eigenvalue weighted by molar-refractivity contribution is 6.30. The first-order chi connectivity index (χ1) is 12.7. The number of hydrogen-bond donors (Lipinski definition) is 0. The van der Waals surface area contributed by atoms with Gasteiger partial charge in [0.25, 0.3) is 5.91 Å². The summed E-state index contributed by atoms with van der Waals surface area (Å²) in [6.45, 7) is 3.28. The van der Waals surface area contributed by atoms with E-state index in [1.165, 1.54) is 5.56 Å². The molecule has 136 valence electrons. The van der Waals surface area contributed by atoms with Crippen LogP contribution in [0.1, 0.15) is 11.1 Å². The van der Waals surface area contributed by atoms with Crippen LogP contribution in [0.2, 0.25) is 5.02 Å². The molecule has 0 radical (unpaired) electrons. The van der Waals surface area contributed by atoms with Crippen molar-refractivity contribution in [1.29, 1.82) is 0 Å². The van der Waals surface area contributed by atoms with Gasteiger partial charge in [-0.15, -0.1) is 0 Å². The highest BCUT2D eigenvalue weighted by Gasteiger charge is 2.52. The van der Waals surface area contributed by atoms with Gasteiger partial charge in [0.15, 0.2) is 0 Å². The van der Waals surface area contributed by atoms with Crippen LogP contribution < -0.4 is 0 Å². The average Bonchev–Trinajstić information content (AvgIpc) is 3.15. The molecule has 0 aromatic heterocycles. The molecular weight excluding hydrogens is 348 g/mol. The van der Waals surface area contributed by atoms with Crippen LogP contribution in [0.25, 0.3) is 0 Å². The molecule has 26 heavy (non-hydrogen) atoms. The van der Waals surface area contributed by atoms with E-state index < -0.39 is 0 Å². The van der Waals surface area contributed by atoms with Crippen molar-refractivity contribution in [2.45, 2.75) is 25.2 Å². The van der Waals surface area contributed by atoms with Crippen molar-refractivity contribution in [3.8, 4) is 0 Å². The van der Waals surface area contributed by atoms with E-state index in [4.69, 9.17) is 16.3 Å². The SMILES string of the molecule is CO[C@@H]1C(=O)N(Cc2ccccc2)[C@@H]2CN(Cc3ccc(Cl)cc3)C[C@H]12. The molecule has 2 fully saturated rings. The van der Waals surface area contributed by atoms with Gasteiger partial charge in [0.1, 0.15) is 6.10 Å². The predicted octanol–water partition coefficient (Wildman–Crippen LogP) is 3.20. The Labute approximate surface area is 159 Å². The number of likely N-dealkylation sites (tertiary alicyclic amines) is 2. The Balaban J connectivity index is 1.49. The smallest absolute Gasteiger partial charge is 0.252 e. The van der Waals surface area contributed by atoms with Gasteiger partial charge in [-0.3, -0.25) is 9.69 Å². The zero-order valence-electron chi connectivity index (χ0n) is 14.8. The molecule has 0 spiro atoms. The predicted molar refractivity (Wildman–Crippen MR) is 102 cm³/mol. The fourth-order valence-corrected chi connectivity index (χ4v) is 4.39. The van der Waals surface area contributed by atoms with Gasteiger partial charge in [0.05, 0.1) is 6.04 Å². The third-order valence-electron chi connectivity index (χ3n) is 5.49. The van der Waals surface area contributed by atoms with Crippen LogP contribution in [0.4, 0.5) is 0 Å². The Kier molecular flexibility index (Phi) is 4.98. The maximum atomic E-state index is 12.8. The summed E-state index contributed by atoms with van der Waals surface area (Å²) in [5.74, 6) is 0.348. The van der Waals surface area contributed by atoms with E-state index in [1.54, 1.807) is 7.11 Å². The maximum absolute atomic E-state index is 12.8. The van der Waals surface area contributed by atoms with Crippen molar-refractivity contribution in [1.82, 2.24) is 9.80 Å². The summed E-state index contributed by atoms with van der Waals surface area (Å²) < 4.78 is 5.58. The Morgan fingerprint density at radius 2 is 1.69 bits per heavy atom. The summed E-state index contributed by atoms with van der Waals surface area (Å²) in [6.07, 6.45) is -0.334. The molecule has 0 bridgehead atoms. The molecule has 2 heterocycles. The number of amides is 1. The number of fused-ring (bicyclic) bond motifs is 1. The average molecular weight is 371 g/mol. The first-order valence-electron chi connectivity index (χ1n) is 8.99. The van der Waals surface area contributed by atoms with Crippen LogP contribution in [0, 0.1) is 5.92 Å². The largest absolute Gasteiger partial charge is 0.371 e. The molecular formula is C21H23ClN2O2. The minimum absolute atomic E-state index is 0.123. The van der Waals surface area contributed by atoms with Crippen LogP contribution >= 0.6 is 11.6 Å². The quantitative estimate of drug-likeness (QED) is 0.810. The van der Waals surface area contributed by atoms with Crippen molar-refractivity contribution >= 4 is 17.5 Å². The standard InChI is InChI=1S/C21H23ClN2O2/c1-26-20-18-13-23(11-16-7-9-17(22)10-8-16)14-19(18)24(21(20)25)12-15-5-3-2-4-6-15/h2-10,18-20H,11-14H2,1H3/t18-,19+,20-/m0/s1. The van der Waals surface area contributed by atoms with Crippen molar-refractivity contribution < 1.29 is 9.53 Å². The van der Waals surface area contributed by atoms with Crippen LogP contribution in [0.5, 0.6) is 0 Å². The number of carbonyl (C=O) groups is 1. The van der Waals surface area contributed by atoms with Gasteiger partial charge in [0.2, 0.25) is 0 Å². The maximum Gasteiger partial charge on any atom is 0.252 e. The van der Waals surface area contributed by atoms with E-state index in [0.29, 0.717) is 6.54 Å². The van der Waals surface area contributed by atoms with Crippen molar-refractivity contribution in [2.75, 3.05) is 20.2 Å². The fraction of sp³-hybridized carbons (Fsp3) is 0.381. The molecule has 0 N–H and O–H groups in total. The number of rotatable bonds is 5. The number of halogens is 1. The van der Waals surface area contributed by atoms with Gasteiger partial charge in [-0.1, -0.05) is 54.1 Å². The summed E-state index contributed by atoms with van der Waals surface area (Å²) in [5.41, 5.74) is 2.40. The summed E-state index contributed by atoms with van der Waals surface area (Å²) in [6, 6.07) is 18.4. The lowest BCUT2D eigenvalue weighted by atomic mass is 10.0. The minimum atomic E-state index is -0.334. The van der Waals surface area contributed by atoms with Crippen LogP contribution in [-0.2, 0) is 22.6 Å². The van der Waals surface area contributed by atoms with Gasteiger partial charge >= 0.3 is 0 Å². The second-order valence-electron chi connectivity index (χ2n) is 7.16. The lowest BCUT2D eigenvalue weighted by molar-refractivity contribution is -0.138. The highest BCUT2D eigenvalue weighted by Crippen LogP contribution is 2.36. The van der Waals surface area contributed by atoms with Gasteiger partial charge in [-0.2, -0.15) is 0 Å². The second-order valence-corrected chi connectivity index (χ2v) is 7.60. The number of hydrogen-bond acceptors (Lipinski definition) is 3. The first kappa shape index (κ1) is 17.5. The molecule has 4 rings (SSSR count). The second kappa shape index (κ2) is 7.39. The summed E-state index contributed by atoms with van der Waals surface area (Å²) in [7, 11) is 1.65. The normalized spacial score (nSPS) is 25.7. The fourth-order valence-electron chi connectivity index (χ4n) is 4.26. The van der Waals surface area contributed by atoms with Gasteiger partial charge in [-0.05, 0) is 23.3 Å². The molecule has 1 amide bonds. The van der Waals surface area contributed by atoms with Crippen LogP contribution in [0.3, 0.4) is 0 Å². The number of carbonyl (C=O) groups excluding carboxylic acids is 1. The van der Waals surface area contributed by atoms with E-state index in [0.717, 1.165) is 30.2 Å². The molecule has 2 aliphatic rings. The zero-order valence-corrected chi connectivity index (χ0v) is 15.6. The van der Waals surface area contributed by atoms with Gasteiger partial charge < -0.3 is 9.64 Å². The molecule has 5 heteroatoms. The summed E-state index contributed by atoms with van der Waals surface area (Å²) >= 11 is 5.98. The molecule has 2 aromatic rings. The Morgan fingerprint density at radius 3 is 2.38 bits per heavy atom. The van der Waals surface area contributed by atoms with Gasteiger partial charge in [-0.25, -0.2) is 0 Å². The number of methoxy groups -OCH3 is 1. The van der Waals surface area contributed by atoms with Crippen molar-refractivity contribution in [2.24, 2.45) is 5.92 Å². The highest BCUT2D eigenvalue weighted by atomic mass is 35.5. The third kappa shape index (κ3) is 3.37. The third-order valence-corrected chi connectivity index (χ3v) is 5.75.